The Kier molecular flexibility index (Phi) is 4.70. The van der Waals surface area contributed by atoms with Crippen molar-refractivity contribution in [1.29, 1.82) is 0 Å². The molecule has 1 aliphatic heterocycles. The number of carbonyl (C=O) groups excluding carboxylic acids is 1. The van der Waals surface area contributed by atoms with Gasteiger partial charge in [0.05, 0.1) is 29.6 Å². The fraction of sp³-hybridized carbons (Fsp3) is 0.500. The largest absolute Gasteiger partial charge is 0.464 e. The molecule has 6 nitrogen and oxygen atoms in total. The van der Waals surface area contributed by atoms with Crippen LogP contribution >= 0.6 is 0 Å². The predicted molar refractivity (Wildman–Crippen MR) is 125 cm³/mol. The van der Waals surface area contributed by atoms with Crippen LogP contribution in [0, 0.1) is 5.41 Å². The number of ether oxygens (including phenoxy) is 1. The van der Waals surface area contributed by atoms with Crippen molar-refractivity contribution in [3.8, 4) is 5.69 Å². The number of pyridine rings is 1. The van der Waals surface area contributed by atoms with Crippen molar-refractivity contribution < 1.29 is 9.53 Å². The van der Waals surface area contributed by atoms with Gasteiger partial charge in [-0.2, -0.15) is 5.10 Å². The zero-order chi connectivity index (χ0) is 21.7. The molecular weight excluding hydrogens is 400 g/mol. The van der Waals surface area contributed by atoms with Crippen molar-refractivity contribution in [2.75, 3.05) is 25.1 Å². The van der Waals surface area contributed by atoms with Gasteiger partial charge in [-0.05, 0) is 43.9 Å². The Balaban J connectivity index is 1.52. The van der Waals surface area contributed by atoms with E-state index in [9.17, 15) is 4.79 Å². The molecule has 0 radical (unpaired) electrons. The van der Waals surface area contributed by atoms with Gasteiger partial charge in [0.25, 0.3) is 0 Å². The van der Waals surface area contributed by atoms with Gasteiger partial charge in [-0.25, -0.2) is 14.5 Å². The van der Waals surface area contributed by atoms with E-state index in [2.05, 4.69) is 4.90 Å². The van der Waals surface area contributed by atoms with E-state index in [1.54, 1.807) is 0 Å². The molecule has 6 rings (SSSR count). The molecule has 3 aromatic rings. The highest BCUT2D eigenvalue weighted by Gasteiger charge is 2.44. The van der Waals surface area contributed by atoms with Crippen molar-refractivity contribution in [2.45, 2.75) is 57.3 Å². The van der Waals surface area contributed by atoms with E-state index in [0.29, 0.717) is 17.0 Å². The summed E-state index contributed by atoms with van der Waals surface area (Å²) in [7, 11) is 1.42. The molecular formula is C26H30N4O2. The van der Waals surface area contributed by atoms with Gasteiger partial charge in [0.15, 0.2) is 11.3 Å². The lowest BCUT2D eigenvalue weighted by atomic mass is 9.68. The van der Waals surface area contributed by atoms with Gasteiger partial charge in [0.2, 0.25) is 0 Å². The normalized spacial score (nSPS) is 20.2. The van der Waals surface area contributed by atoms with E-state index in [1.807, 2.05) is 41.1 Å². The number of hydrogen-bond acceptors (Lipinski definition) is 5. The van der Waals surface area contributed by atoms with Gasteiger partial charge < -0.3 is 9.64 Å². The number of aromatic nitrogens is 3. The van der Waals surface area contributed by atoms with Crippen LogP contribution in [0.1, 0.15) is 73.5 Å². The Labute approximate surface area is 188 Å². The first kappa shape index (κ1) is 19.8. The molecule has 0 N–H and O–H groups in total. The number of rotatable bonds is 4. The van der Waals surface area contributed by atoms with E-state index in [4.69, 9.17) is 14.8 Å². The van der Waals surface area contributed by atoms with Crippen LogP contribution in [0.15, 0.2) is 36.4 Å². The zero-order valence-electron chi connectivity index (χ0n) is 18.7. The Morgan fingerprint density at radius 3 is 2.47 bits per heavy atom. The second-order valence-electron chi connectivity index (χ2n) is 9.89. The van der Waals surface area contributed by atoms with Crippen LogP contribution in [0.5, 0.6) is 0 Å². The molecule has 3 aliphatic rings. The average molecular weight is 431 g/mol. The topological polar surface area (TPSA) is 60.2 Å². The summed E-state index contributed by atoms with van der Waals surface area (Å²) in [5.74, 6) is 0.0731. The molecule has 1 aromatic carbocycles. The van der Waals surface area contributed by atoms with Crippen LogP contribution in [0.3, 0.4) is 0 Å². The third kappa shape index (κ3) is 3.11. The number of esters is 1. The number of methoxy groups -OCH3 is 1. The first-order valence-corrected chi connectivity index (χ1v) is 12.0. The fourth-order valence-corrected chi connectivity index (χ4v) is 5.85. The van der Waals surface area contributed by atoms with Crippen molar-refractivity contribution >= 4 is 22.7 Å². The Morgan fingerprint density at radius 1 is 1.06 bits per heavy atom. The van der Waals surface area contributed by atoms with Crippen molar-refractivity contribution in [3.63, 3.8) is 0 Å². The zero-order valence-corrected chi connectivity index (χ0v) is 18.7. The predicted octanol–water partition coefficient (Wildman–Crippen LogP) is 5.25. The second-order valence-corrected chi connectivity index (χ2v) is 9.89. The lowest BCUT2D eigenvalue weighted by molar-refractivity contribution is 0.0594. The molecule has 2 aromatic heterocycles. The summed E-state index contributed by atoms with van der Waals surface area (Å²) >= 11 is 0. The first-order valence-electron chi connectivity index (χ1n) is 12.0. The van der Waals surface area contributed by atoms with Gasteiger partial charge in [0.1, 0.15) is 0 Å². The van der Waals surface area contributed by atoms with E-state index in [1.165, 1.54) is 58.5 Å². The van der Waals surface area contributed by atoms with E-state index in [-0.39, 0.29) is 0 Å². The van der Waals surface area contributed by atoms with Crippen LogP contribution in [-0.2, 0) is 4.74 Å². The molecule has 6 heteroatoms. The Morgan fingerprint density at radius 2 is 1.81 bits per heavy atom. The lowest BCUT2D eigenvalue weighted by Crippen LogP contribution is -2.57. The van der Waals surface area contributed by atoms with Crippen LogP contribution in [0.2, 0.25) is 0 Å². The van der Waals surface area contributed by atoms with Crippen molar-refractivity contribution in [3.05, 3.63) is 47.8 Å². The first-order chi connectivity index (χ1) is 15.7. The minimum Gasteiger partial charge on any atom is -0.464 e. The monoisotopic (exact) mass is 430 g/mol. The Bertz CT molecular complexity index is 1150. The number of benzene rings is 1. The molecule has 2 aliphatic carbocycles. The van der Waals surface area contributed by atoms with Gasteiger partial charge in [-0.1, -0.05) is 43.9 Å². The van der Waals surface area contributed by atoms with Crippen LogP contribution in [0.4, 0.5) is 5.69 Å². The third-order valence-corrected chi connectivity index (χ3v) is 7.84. The highest BCUT2D eigenvalue weighted by atomic mass is 16.5. The maximum Gasteiger partial charge on any atom is 0.356 e. The minimum atomic E-state index is -0.396. The molecule has 32 heavy (non-hydrogen) atoms. The highest BCUT2D eigenvalue weighted by Crippen LogP contribution is 2.49. The lowest BCUT2D eigenvalue weighted by Gasteiger charge is -2.53. The molecule has 0 unspecified atom stereocenters. The third-order valence-electron chi connectivity index (χ3n) is 7.84. The van der Waals surface area contributed by atoms with E-state index < -0.39 is 5.97 Å². The van der Waals surface area contributed by atoms with Gasteiger partial charge in [0, 0.05) is 24.4 Å². The van der Waals surface area contributed by atoms with E-state index >= 15 is 0 Å². The summed E-state index contributed by atoms with van der Waals surface area (Å²) in [6.45, 7) is 2.13. The van der Waals surface area contributed by atoms with E-state index in [0.717, 1.165) is 41.2 Å². The summed E-state index contributed by atoms with van der Waals surface area (Å²) in [4.78, 5) is 19.8. The number of hydrogen-bond donors (Lipinski definition) is 0. The molecule has 0 amide bonds. The minimum absolute atomic E-state index is 0.358. The molecule has 0 atom stereocenters. The van der Waals surface area contributed by atoms with Gasteiger partial charge in [-0.3, -0.25) is 0 Å². The summed E-state index contributed by atoms with van der Waals surface area (Å²) in [6.07, 6.45) is 10.3. The number of anilines is 1. The van der Waals surface area contributed by atoms with Crippen LogP contribution in [0.25, 0.3) is 16.7 Å². The molecule has 1 saturated heterocycles. The maximum atomic E-state index is 12.6. The molecule has 0 bridgehead atoms. The smallest absolute Gasteiger partial charge is 0.356 e. The van der Waals surface area contributed by atoms with Crippen molar-refractivity contribution in [1.82, 2.24) is 14.8 Å². The van der Waals surface area contributed by atoms with Gasteiger partial charge >= 0.3 is 5.97 Å². The summed E-state index contributed by atoms with van der Waals surface area (Å²) in [6, 6.07) is 12.1. The highest BCUT2D eigenvalue weighted by molar-refractivity contribution is 5.99. The maximum absolute atomic E-state index is 12.6. The fourth-order valence-electron chi connectivity index (χ4n) is 5.85. The van der Waals surface area contributed by atoms with Gasteiger partial charge in [-0.15, -0.1) is 0 Å². The number of para-hydroxylation sites is 1. The number of nitrogens with zero attached hydrogens (tertiary/aromatic N) is 4. The number of fused-ring (bicyclic) bond motifs is 1. The molecule has 1 spiro atoms. The molecule has 3 heterocycles. The SMILES string of the molecule is COC(=O)c1cc(N2CC3(CCCCC3)C2)c2c(C3CCC3)nn(-c3ccccc3)c2n1. The Hall–Kier alpha value is -2.89. The van der Waals surface area contributed by atoms with Crippen molar-refractivity contribution in [2.24, 2.45) is 5.41 Å². The van der Waals surface area contributed by atoms with Crippen LogP contribution < -0.4 is 4.90 Å². The standard InChI is InChI=1S/C26H30N4O2/c1-32-25(31)20-15-21(29-16-26(17-29)13-6-3-7-14-26)22-23(18-9-8-10-18)28-30(24(22)27-20)19-11-4-2-5-12-19/h2,4-5,11-12,15,18H,3,6-10,13-14,16-17H2,1H3. The second kappa shape index (κ2) is 7.61. The molecule has 3 fully saturated rings. The quantitative estimate of drug-likeness (QED) is 0.530. The molecule has 166 valence electrons. The summed E-state index contributed by atoms with van der Waals surface area (Å²) in [5.41, 5.74) is 4.79. The van der Waals surface area contributed by atoms with Crippen LogP contribution in [-0.4, -0.2) is 40.9 Å². The average Bonchev–Trinajstić information content (AvgIpc) is 3.15. The number of carbonyl (C=O) groups is 1. The summed E-state index contributed by atoms with van der Waals surface area (Å²) in [5, 5.41) is 6.21. The molecule has 2 saturated carbocycles. The summed E-state index contributed by atoms with van der Waals surface area (Å²) < 4.78 is 6.99.